The van der Waals surface area contributed by atoms with E-state index < -0.39 is 0 Å². The standard InChI is InChI=1S/C23H27N3O3/c1-29-21-7-3-2-5-16(21)12-13-24-23(28)25-19-10-11-20-18(15-19)6-4-14-26(20)22(27)17-8-9-17/h2-3,5,7,10-11,15,17H,4,6,8-9,12-14H2,1H3,(H2,24,25,28). The maximum absolute atomic E-state index is 12.5. The number of fused-ring (bicyclic) bond motifs is 1. The molecule has 6 heteroatoms. The molecule has 0 aromatic heterocycles. The third-order valence-electron chi connectivity index (χ3n) is 5.52. The van der Waals surface area contributed by atoms with Crippen molar-refractivity contribution in [3.63, 3.8) is 0 Å². The SMILES string of the molecule is COc1ccccc1CCNC(=O)Nc1ccc2c(c1)CCCN2C(=O)C1CC1. The number of carbonyl (C=O) groups excluding carboxylic acids is 2. The van der Waals surface area contributed by atoms with Crippen LogP contribution in [0, 0.1) is 5.92 Å². The summed E-state index contributed by atoms with van der Waals surface area (Å²) >= 11 is 0. The van der Waals surface area contributed by atoms with Crippen molar-refractivity contribution in [2.24, 2.45) is 5.92 Å². The number of hydrogen-bond acceptors (Lipinski definition) is 3. The van der Waals surface area contributed by atoms with Gasteiger partial charge in [0.15, 0.2) is 0 Å². The lowest BCUT2D eigenvalue weighted by molar-refractivity contribution is -0.119. The maximum atomic E-state index is 12.5. The number of aryl methyl sites for hydroxylation is 1. The van der Waals surface area contributed by atoms with Gasteiger partial charge in [0.1, 0.15) is 5.75 Å². The molecule has 1 heterocycles. The molecule has 1 aliphatic heterocycles. The first-order valence-electron chi connectivity index (χ1n) is 10.3. The van der Waals surface area contributed by atoms with Gasteiger partial charge in [-0.1, -0.05) is 18.2 Å². The van der Waals surface area contributed by atoms with E-state index in [1.54, 1.807) is 7.11 Å². The second kappa shape index (κ2) is 8.55. The zero-order chi connectivity index (χ0) is 20.2. The van der Waals surface area contributed by atoms with Crippen molar-refractivity contribution in [3.8, 4) is 5.75 Å². The van der Waals surface area contributed by atoms with E-state index in [1.165, 1.54) is 0 Å². The quantitative estimate of drug-likeness (QED) is 0.785. The zero-order valence-electron chi connectivity index (χ0n) is 16.7. The molecular formula is C23H27N3O3. The number of rotatable bonds is 6. The molecule has 2 aromatic rings. The highest BCUT2D eigenvalue weighted by atomic mass is 16.5. The molecule has 2 aliphatic rings. The minimum atomic E-state index is -0.235. The summed E-state index contributed by atoms with van der Waals surface area (Å²) < 4.78 is 5.34. The van der Waals surface area contributed by atoms with Crippen LogP contribution < -0.4 is 20.3 Å². The molecule has 29 heavy (non-hydrogen) atoms. The first-order chi connectivity index (χ1) is 14.2. The van der Waals surface area contributed by atoms with Gasteiger partial charge in [-0.15, -0.1) is 0 Å². The zero-order valence-corrected chi connectivity index (χ0v) is 16.7. The Morgan fingerprint density at radius 1 is 1.17 bits per heavy atom. The highest BCUT2D eigenvalue weighted by Crippen LogP contribution is 2.36. The fraction of sp³-hybridized carbons (Fsp3) is 0.391. The van der Waals surface area contributed by atoms with Crippen LogP contribution in [0.2, 0.25) is 0 Å². The highest BCUT2D eigenvalue weighted by molar-refractivity contribution is 5.98. The van der Waals surface area contributed by atoms with Crippen LogP contribution in [0.1, 0.15) is 30.4 Å². The molecule has 3 amide bonds. The first kappa shape index (κ1) is 19.3. The van der Waals surface area contributed by atoms with Gasteiger partial charge in [-0.25, -0.2) is 4.79 Å². The molecule has 0 spiro atoms. The number of amides is 3. The van der Waals surface area contributed by atoms with Crippen molar-refractivity contribution >= 4 is 23.3 Å². The van der Waals surface area contributed by atoms with E-state index >= 15 is 0 Å². The summed E-state index contributed by atoms with van der Waals surface area (Å²) in [5.74, 6) is 1.29. The van der Waals surface area contributed by atoms with Crippen molar-refractivity contribution in [3.05, 3.63) is 53.6 Å². The summed E-state index contributed by atoms with van der Waals surface area (Å²) in [4.78, 5) is 26.7. The normalized spacial score (nSPS) is 15.4. The van der Waals surface area contributed by atoms with Crippen LogP contribution in [-0.2, 0) is 17.6 Å². The fourth-order valence-electron chi connectivity index (χ4n) is 3.85. The Morgan fingerprint density at radius 2 is 2.00 bits per heavy atom. The number of ether oxygens (including phenoxy) is 1. The molecule has 1 aliphatic carbocycles. The summed E-state index contributed by atoms with van der Waals surface area (Å²) in [6.07, 6.45) is 4.60. The first-order valence-corrected chi connectivity index (χ1v) is 10.3. The van der Waals surface area contributed by atoms with Gasteiger partial charge in [0.25, 0.3) is 0 Å². The summed E-state index contributed by atoms with van der Waals surface area (Å²) in [5, 5.41) is 5.79. The molecule has 0 unspecified atom stereocenters. The number of nitrogens with zero attached hydrogens (tertiary/aromatic N) is 1. The Morgan fingerprint density at radius 3 is 2.79 bits per heavy atom. The van der Waals surface area contributed by atoms with E-state index in [0.717, 1.165) is 60.5 Å². The van der Waals surface area contributed by atoms with E-state index in [9.17, 15) is 9.59 Å². The van der Waals surface area contributed by atoms with Crippen LogP contribution in [0.3, 0.4) is 0 Å². The smallest absolute Gasteiger partial charge is 0.319 e. The lowest BCUT2D eigenvalue weighted by atomic mass is 10.0. The Hall–Kier alpha value is -3.02. The highest BCUT2D eigenvalue weighted by Gasteiger charge is 2.35. The van der Waals surface area contributed by atoms with Crippen molar-refractivity contribution in [1.29, 1.82) is 0 Å². The van der Waals surface area contributed by atoms with Crippen molar-refractivity contribution in [2.75, 3.05) is 30.4 Å². The number of urea groups is 1. The molecule has 0 radical (unpaired) electrons. The van der Waals surface area contributed by atoms with Gasteiger partial charge in [-0.3, -0.25) is 4.79 Å². The van der Waals surface area contributed by atoms with E-state index in [2.05, 4.69) is 10.6 Å². The van der Waals surface area contributed by atoms with Gasteiger partial charge < -0.3 is 20.3 Å². The van der Waals surface area contributed by atoms with E-state index in [0.29, 0.717) is 13.0 Å². The Labute approximate surface area is 171 Å². The largest absolute Gasteiger partial charge is 0.496 e. The molecule has 4 rings (SSSR count). The van der Waals surface area contributed by atoms with Gasteiger partial charge in [-0.05, 0) is 67.5 Å². The lowest BCUT2D eigenvalue weighted by Crippen LogP contribution is -2.36. The lowest BCUT2D eigenvalue weighted by Gasteiger charge is -2.30. The van der Waals surface area contributed by atoms with Gasteiger partial charge >= 0.3 is 6.03 Å². The van der Waals surface area contributed by atoms with E-state index in [1.807, 2.05) is 47.4 Å². The van der Waals surface area contributed by atoms with Crippen LogP contribution in [0.5, 0.6) is 5.75 Å². The second-order valence-electron chi connectivity index (χ2n) is 7.65. The number of methoxy groups -OCH3 is 1. The minimum Gasteiger partial charge on any atom is -0.496 e. The van der Waals surface area contributed by atoms with Crippen LogP contribution >= 0.6 is 0 Å². The molecular weight excluding hydrogens is 366 g/mol. The minimum absolute atomic E-state index is 0.216. The van der Waals surface area contributed by atoms with E-state index in [-0.39, 0.29) is 17.9 Å². The Kier molecular flexibility index (Phi) is 5.69. The summed E-state index contributed by atoms with van der Waals surface area (Å²) in [7, 11) is 1.65. The second-order valence-corrected chi connectivity index (χ2v) is 7.65. The number of benzene rings is 2. The molecule has 1 fully saturated rings. The molecule has 152 valence electrons. The predicted octanol–water partition coefficient (Wildman–Crippen LogP) is 3.75. The number of anilines is 2. The summed E-state index contributed by atoms with van der Waals surface area (Å²) in [6, 6.07) is 13.4. The summed E-state index contributed by atoms with van der Waals surface area (Å²) in [6.45, 7) is 1.30. The molecule has 2 aromatic carbocycles. The molecule has 0 bridgehead atoms. The van der Waals surface area contributed by atoms with Gasteiger partial charge in [0.2, 0.25) is 5.91 Å². The molecule has 2 N–H and O–H groups in total. The fourth-order valence-corrected chi connectivity index (χ4v) is 3.85. The van der Waals surface area contributed by atoms with Gasteiger partial charge in [-0.2, -0.15) is 0 Å². The van der Waals surface area contributed by atoms with Crippen LogP contribution in [-0.4, -0.2) is 32.1 Å². The van der Waals surface area contributed by atoms with Gasteiger partial charge in [0, 0.05) is 30.4 Å². The van der Waals surface area contributed by atoms with Crippen molar-refractivity contribution in [1.82, 2.24) is 5.32 Å². The van der Waals surface area contributed by atoms with Crippen LogP contribution in [0.4, 0.5) is 16.2 Å². The van der Waals surface area contributed by atoms with Crippen molar-refractivity contribution in [2.45, 2.75) is 32.1 Å². The third kappa shape index (κ3) is 4.53. The predicted molar refractivity (Wildman–Crippen MR) is 114 cm³/mol. The van der Waals surface area contributed by atoms with Crippen LogP contribution in [0.15, 0.2) is 42.5 Å². The molecule has 0 saturated heterocycles. The van der Waals surface area contributed by atoms with E-state index in [4.69, 9.17) is 4.74 Å². The number of carbonyl (C=O) groups is 2. The third-order valence-corrected chi connectivity index (χ3v) is 5.52. The average Bonchev–Trinajstić information content (AvgIpc) is 3.58. The summed E-state index contributed by atoms with van der Waals surface area (Å²) in [5.41, 5.74) is 3.93. The van der Waals surface area contributed by atoms with Crippen LogP contribution in [0.25, 0.3) is 0 Å². The molecule has 0 atom stereocenters. The number of para-hydroxylation sites is 1. The Bertz CT molecular complexity index is 908. The maximum Gasteiger partial charge on any atom is 0.319 e. The molecule has 6 nitrogen and oxygen atoms in total. The average molecular weight is 393 g/mol. The number of hydrogen-bond donors (Lipinski definition) is 2. The topological polar surface area (TPSA) is 70.7 Å². The van der Waals surface area contributed by atoms with Crippen molar-refractivity contribution < 1.29 is 14.3 Å². The molecule has 1 saturated carbocycles. The number of nitrogens with one attached hydrogen (secondary N) is 2. The van der Waals surface area contributed by atoms with Gasteiger partial charge in [0.05, 0.1) is 7.11 Å². The monoisotopic (exact) mass is 393 g/mol. The Balaban J connectivity index is 1.33.